The molecule has 0 radical (unpaired) electrons. The van der Waals surface area contributed by atoms with E-state index in [4.69, 9.17) is 16.3 Å². The van der Waals surface area contributed by atoms with Crippen LogP contribution in [0.4, 0.5) is 16.5 Å². The number of benzene rings is 2. The molecule has 0 aliphatic carbocycles. The number of nitrogens with one attached hydrogen (secondary N) is 2. The molecule has 2 aromatic carbocycles. The van der Waals surface area contributed by atoms with E-state index in [1.165, 1.54) is 29.5 Å². The zero-order valence-corrected chi connectivity index (χ0v) is 21.1. The number of carbonyl (C=O) groups is 4. The molecule has 1 aromatic heterocycles. The second-order valence-corrected chi connectivity index (χ2v) is 9.30. The van der Waals surface area contributed by atoms with Crippen molar-refractivity contribution in [2.75, 3.05) is 22.1 Å². The summed E-state index contributed by atoms with van der Waals surface area (Å²) in [7, 11) is 0. The van der Waals surface area contributed by atoms with Crippen LogP contribution in [-0.2, 0) is 14.3 Å². The van der Waals surface area contributed by atoms with Crippen LogP contribution >= 0.6 is 22.9 Å². The number of aryl methyl sites for hydroxylation is 2. The van der Waals surface area contributed by atoms with E-state index in [1.54, 1.807) is 37.3 Å². The Hall–Kier alpha value is -4.02. The van der Waals surface area contributed by atoms with Crippen LogP contribution in [0, 0.1) is 13.8 Å². The molecular formula is C25H21ClN4O5S. The zero-order chi connectivity index (χ0) is 26.0. The van der Waals surface area contributed by atoms with Gasteiger partial charge in [-0.25, -0.2) is 14.7 Å². The van der Waals surface area contributed by atoms with Crippen LogP contribution in [0.3, 0.4) is 0 Å². The lowest BCUT2D eigenvalue weighted by atomic mass is 10.2. The molecule has 4 rings (SSSR count). The smallest absolute Gasteiger partial charge is 0.338 e. The van der Waals surface area contributed by atoms with Crippen LogP contribution in [-0.4, -0.2) is 35.3 Å². The van der Waals surface area contributed by atoms with Crippen molar-refractivity contribution >= 4 is 63.1 Å². The number of esters is 1. The number of ether oxygens (including phenoxy) is 1. The summed E-state index contributed by atoms with van der Waals surface area (Å²) in [5, 5.41) is 5.83. The molecule has 184 valence electrons. The summed E-state index contributed by atoms with van der Waals surface area (Å²) in [4.78, 5) is 56.6. The highest BCUT2D eigenvalue weighted by Crippen LogP contribution is 2.31. The molecule has 3 aromatic rings. The standard InChI is InChI=1S/C25H21ClN4O5S/c1-4-35-24(34)16-6-5-7-18(12-16)30-22(32)19(26)20(23(30)33)28-17-10-8-15(9-11-17)21(31)29-25-27-13(2)14(3)36-25/h5-12,28H,4H2,1-3H3,(H,27,29,31). The molecule has 11 heteroatoms. The number of rotatable bonds is 7. The number of thiazole rings is 1. The van der Waals surface area contributed by atoms with Crippen LogP contribution < -0.4 is 15.5 Å². The van der Waals surface area contributed by atoms with Gasteiger partial charge in [0.2, 0.25) is 0 Å². The average molecular weight is 525 g/mol. The maximum atomic E-state index is 13.1. The normalized spacial score (nSPS) is 13.3. The van der Waals surface area contributed by atoms with Crippen molar-refractivity contribution in [2.45, 2.75) is 20.8 Å². The highest BCUT2D eigenvalue weighted by molar-refractivity contribution is 7.15. The first kappa shape index (κ1) is 25.1. The molecule has 9 nitrogen and oxygen atoms in total. The molecule has 2 N–H and O–H groups in total. The molecule has 0 bridgehead atoms. The van der Waals surface area contributed by atoms with Gasteiger partial charge in [0, 0.05) is 16.1 Å². The summed E-state index contributed by atoms with van der Waals surface area (Å²) in [6, 6.07) is 12.3. The van der Waals surface area contributed by atoms with Crippen molar-refractivity contribution in [3.05, 3.63) is 81.0 Å². The van der Waals surface area contributed by atoms with Gasteiger partial charge in [-0.05, 0) is 63.2 Å². The van der Waals surface area contributed by atoms with Crippen LogP contribution in [0.1, 0.15) is 38.2 Å². The predicted octanol–water partition coefficient (Wildman–Crippen LogP) is 4.62. The maximum absolute atomic E-state index is 13.1. The Morgan fingerprint density at radius 3 is 2.42 bits per heavy atom. The summed E-state index contributed by atoms with van der Waals surface area (Å²) in [5.41, 5.74) is 1.96. The van der Waals surface area contributed by atoms with Crippen LogP contribution in [0.2, 0.25) is 0 Å². The second kappa shape index (κ2) is 10.3. The largest absolute Gasteiger partial charge is 0.462 e. The van der Waals surface area contributed by atoms with Gasteiger partial charge in [-0.2, -0.15) is 0 Å². The van der Waals surface area contributed by atoms with Crippen molar-refractivity contribution in [3.63, 3.8) is 0 Å². The van der Waals surface area contributed by atoms with Crippen LogP contribution in [0.5, 0.6) is 0 Å². The van der Waals surface area contributed by atoms with Crippen molar-refractivity contribution in [1.82, 2.24) is 4.98 Å². The molecule has 36 heavy (non-hydrogen) atoms. The lowest BCUT2D eigenvalue weighted by molar-refractivity contribution is -0.120. The summed E-state index contributed by atoms with van der Waals surface area (Å²) in [6.45, 7) is 5.67. The van der Waals surface area contributed by atoms with E-state index >= 15 is 0 Å². The summed E-state index contributed by atoms with van der Waals surface area (Å²) in [6.07, 6.45) is 0. The van der Waals surface area contributed by atoms with Gasteiger partial charge >= 0.3 is 5.97 Å². The van der Waals surface area contributed by atoms with Crippen molar-refractivity contribution in [1.29, 1.82) is 0 Å². The van der Waals surface area contributed by atoms with Crippen molar-refractivity contribution < 1.29 is 23.9 Å². The van der Waals surface area contributed by atoms with E-state index in [1.807, 2.05) is 13.8 Å². The number of hydrogen-bond donors (Lipinski definition) is 2. The van der Waals surface area contributed by atoms with Gasteiger partial charge in [0.25, 0.3) is 17.7 Å². The Bertz CT molecular complexity index is 1390. The van der Waals surface area contributed by atoms with Gasteiger partial charge in [0.1, 0.15) is 10.7 Å². The molecule has 2 heterocycles. The van der Waals surface area contributed by atoms with E-state index in [-0.39, 0.29) is 34.5 Å². The maximum Gasteiger partial charge on any atom is 0.338 e. The fourth-order valence-electron chi connectivity index (χ4n) is 3.38. The van der Waals surface area contributed by atoms with Gasteiger partial charge in [-0.15, -0.1) is 11.3 Å². The first-order valence-corrected chi connectivity index (χ1v) is 12.1. The molecule has 3 amide bonds. The number of aromatic nitrogens is 1. The number of imide groups is 1. The molecular weight excluding hydrogens is 504 g/mol. The second-order valence-electron chi connectivity index (χ2n) is 7.72. The molecule has 0 fully saturated rings. The number of nitrogens with zero attached hydrogens (tertiary/aromatic N) is 2. The van der Waals surface area contributed by atoms with E-state index < -0.39 is 17.8 Å². The molecule has 1 aliphatic rings. The minimum atomic E-state index is -0.727. The molecule has 0 unspecified atom stereocenters. The number of hydrogen-bond acceptors (Lipinski definition) is 8. The Kier molecular flexibility index (Phi) is 7.18. The van der Waals surface area contributed by atoms with Gasteiger partial charge in [0.15, 0.2) is 5.13 Å². The Balaban J connectivity index is 1.48. The highest BCUT2D eigenvalue weighted by Gasteiger charge is 2.39. The first-order valence-electron chi connectivity index (χ1n) is 10.9. The fraction of sp³-hybridized carbons (Fsp3) is 0.160. The summed E-state index contributed by atoms with van der Waals surface area (Å²) < 4.78 is 4.98. The predicted molar refractivity (Wildman–Crippen MR) is 137 cm³/mol. The van der Waals surface area contributed by atoms with E-state index in [0.717, 1.165) is 15.5 Å². The monoisotopic (exact) mass is 524 g/mol. The molecule has 0 saturated heterocycles. The van der Waals surface area contributed by atoms with Gasteiger partial charge in [-0.1, -0.05) is 17.7 Å². The minimum Gasteiger partial charge on any atom is -0.462 e. The minimum absolute atomic E-state index is 0.117. The summed E-state index contributed by atoms with van der Waals surface area (Å²) in [5.74, 6) is -2.30. The Morgan fingerprint density at radius 1 is 1.06 bits per heavy atom. The fourth-order valence-corrected chi connectivity index (χ4v) is 4.40. The number of carbonyl (C=O) groups excluding carboxylic acids is 4. The molecule has 0 atom stereocenters. The van der Waals surface area contributed by atoms with Gasteiger partial charge in [-0.3, -0.25) is 19.7 Å². The van der Waals surface area contributed by atoms with Crippen LogP contribution in [0.15, 0.2) is 59.3 Å². The van der Waals surface area contributed by atoms with Gasteiger partial charge in [0.05, 0.1) is 23.6 Å². The van der Waals surface area contributed by atoms with E-state index in [0.29, 0.717) is 16.4 Å². The number of amides is 3. The Morgan fingerprint density at radius 2 is 1.78 bits per heavy atom. The van der Waals surface area contributed by atoms with Crippen LogP contribution in [0.25, 0.3) is 0 Å². The van der Waals surface area contributed by atoms with Crippen molar-refractivity contribution in [2.24, 2.45) is 0 Å². The van der Waals surface area contributed by atoms with E-state index in [9.17, 15) is 19.2 Å². The van der Waals surface area contributed by atoms with Crippen molar-refractivity contribution in [3.8, 4) is 0 Å². The molecule has 0 saturated carbocycles. The van der Waals surface area contributed by atoms with E-state index in [2.05, 4.69) is 15.6 Å². The average Bonchev–Trinajstić information content (AvgIpc) is 3.28. The number of halogens is 1. The van der Waals surface area contributed by atoms with Gasteiger partial charge < -0.3 is 10.1 Å². The molecule has 1 aliphatic heterocycles. The third-order valence-corrected chi connectivity index (χ3v) is 6.65. The lowest BCUT2D eigenvalue weighted by Crippen LogP contribution is -2.32. The third-order valence-electron chi connectivity index (χ3n) is 5.31. The highest BCUT2D eigenvalue weighted by atomic mass is 35.5. The summed E-state index contributed by atoms with van der Waals surface area (Å²) >= 11 is 7.59. The zero-order valence-electron chi connectivity index (χ0n) is 19.5. The lowest BCUT2D eigenvalue weighted by Gasteiger charge is -2.16. The first-order chi connectivity index (χ1) is 17.2. The third kappa shape index (κ3) is 5.00. The Labute approximate surface area is 215 Å². The SMILES string of the molecule is CCOC(=O)c1cccc(N2C(=O)C(Cl)=C(Nc3ccc(C(=O)Nc4nc(C)c(C)s4)cc3)C2=O)c1. The number of anilines is 3. The molecule has 0 spiro atoms. The quantitative estimate of drug-likeness (QED) is 0.342. The topological polar surface area (TPSA) is 118 Å².